The van der Waals surface area contributed by atoms with E-state index in [1.807, 2.05) is 0 Å². The van der Waals surface area contributed by atoms with E-state index in [4.69, 9.17) is 0 Å². The van der Waals surface area contributed by atoms with Crippen LogP contribution in [0.15, 0.2) is 45.3 Å². The molecule has 0 atom stereocenters. The third-order valence-corrected chi connectivity index (χ3v) is 3.87. The summed E-state index contributed by atoms with van der Waals surface area (Å²) in [5, 5.41) is 23.6. The number of benzene rings is 2. The minimum absolute atomic E-state index is 0.0319. The molecule has 7 heteroatoms. The third-order valence-electron chi connectivity index (χ3n) is 2.66. The number of hydrogen-bond acceptors (Lipinski definition) is 4. The van der Waals surface area contributed by atoms with Gasteiger partial charge >= 0.3 is 0 Å². The molecule has 104 valence electrons. The SMILES string of the molecule is O=[N+]([O-])c1ccccc1NCc1cc(Br)c(O)c(Br)c1. The van der Waals surface area contributed by atoms with Gasteiger partial charge in [-0.05, 0) is 55.6 Å². The molecule has 0 unspecified atom stereocenters. The molecule has 0 saturated carbocycles. The second-order valence-corrected chi connectivity index (χ2v) is 5.74. The molecular weight excluding hydrogens is 392 g/mol. The molecule has 0 saturated heterocycles. The van der Waals surface area contributed by atoms with E-state index in [1.54, 1.807) is 30.3 Å². The molecule has 0 spiro atoms. The number of phenolic OH excluding ortho intramolecular Hbond substituents is 1. The topological polar surface area (TPSA) is 75.4 Å². The van der Waals surface area contributed by atoms with E-state index in [0.29, 0.717) is 21.2 Å². The summed E-state index contributed by atoms with van der Waals surface area (Å²) < 4.78 is 1.12. The van der Waals surface area contributed by atoms with Crippen LogP contribution in [0.5, 0.6) is 5.75 Å². The normalized spacial score (nSPS) is 10.3. The van der Waals surface area contributed by atoms with Crippen LogP contribution in [0.2, 0.25) is 0 Å². The summed E-state index contributed by atoms with van der Waals surface area (Å²) in [6, 6.07) is 9.96. The Hall–Kier alpha value is -1.60. The first-order valence-corrected chi connectivity index (χ1v) is 7.22. The number of aromatic hydroxyl groups is 1. The Balaban J connectivity index is 2.19. The van der Waals surface area contributed by atoms with E-state index in [2.05, 4.69) is 37.2 Å². The summed E-state index contributed by atoms with van der Waals surface area (Å²) >= 11 is 6.49. The number of para-hydroxylation sites is 2. The van der Waals surface area contributed by atoms with Crippen LogP contribution in [0.3, 0.4) is 0 Å². The Labute approximate surface area is 132 Å². The molecule has 2 rings (SSSR count). The van der Waals surface area contributed by atoms with Gasteiger partial charge in [0, 0.05) is 12.6 Å². The third kappa shape index (κ3) is 3.29. The predicted molar refractivity (Wildman–Crippen MR) is 83.9 cm³/mol. The Morgan fingerprint density at radius 2 is 1.80 bits per heavy atom. The molecule has 0 aliphatic heterocycles. The molecule has 0 bridgehead atoms. The minimum atomic E-state index is -0.426. The zero-order chi connectivity index (χ0) is 14.7. The van der Waals surface area contributed by atoms with Crippen LogP contribution < -0.4 is 5.32 Å². The fourth-order valence-electron chi connectivity index (χ4n) is 1.70. The van der Waals surface area contributed by atoms with Crippen LogP contribution in [0.25, 0.3) is 0 Å². The van der Waals surface area contributed by atoms with Crippen LogP contribution >= 0.6 is 31.9 Å². The first-order chi connectivity index (χ1) is 9.49. The Kier molecular flexibility index (Phi) is 4.61. The highest BCUT2D eigenvalue weighted by Gasteiger charge is 2.12. The van der Waals surface area contributed by atoms with E-state index in [9.17, 15) is 15.2 Å². The molecular formula is C13H10Br2N2O3. The molecule has 0 aliphatic carbocycles. The highest BCUT2D eigenvalue weighted by atomic mass is 79.9. The molecule has 20 heavy (non-hydrogen) atoms. The lowest BCUT2D eigenvalue weighted by atomic mass is 10.2. The standard InChI is InChI=1S/C13H10Br2N2O3/c14-9-5-8(6-10(15)13(9)18)7-16-11-3-1-2-4-12(11)17(19)20/h1-6,16,18H,7H2. The van der Waals surface area contributed by atoms with Crippen LogP contribution in [-0.4, -0.2) is 10.0 Å². The average Bonchev–Trinajstić information content (AvgIpc) is 2.42. The minimum Gasteiger partial charge on any atom is -0.506 e. The van der Waals surface area contributed by atoms with Crippen molar-refractivity contribution in [2.45, 2.75) is 6.54 Å². The zero-order valence-electron chi connectivity index (χ0n) is 10.1. The summed E-state index contributed by atoms with van der Waals surface area (Å²) in [7, 11) is 0. The van der Waals surface area contributed by atoms with Crippen LogP contribution in [0, 0.1) is 10.1 Å². The highest BCUT2D eigenvalue weighted by Crippen LogP contribution is 2.33. The monoisotopic (exact) mass is 400 g/mol. The summed E-state index contributed by atoms with van der Waals surface area (Å²) in [4.78, 5) is 10.5. The van der Waals surface area contributed by atoms with Crippen molar-refractivity contribution >= 4 is 43.2 Å². The molecule has 0 fully saturated rings. The van der Waals surface area contributed by atoms with Crippen molar-refractivity contribution in [1.29, 1.82) is 0 Å². The van der Waals surface area contributed by atoms with E-state index < -0.39 is 4.92 Å². The lowest BCUT2D eigenvalue weighted by Gasteiger charge is -2.09. The highest BCUT2D eigenvalue weighted by molar-refractivity contribution is 9.11. The molecule has 5 nitrogen and oxygen atoms in total. The molecule has 2 aromatic rings. The number of nitrogens with zero attached hydrogens (tertiary/aromatic N) is 1. The summed E-state index contributed by atoms with van der Waals surface area (Å²) in [6.07, 6.45) is 0. The maximum Gasteiger partial charge on any atom is 0.292 e. The second-order valence-electron chi connectivity index (χ2n) is 4.04. The van der Waals surface area contributed by atoms with Crippen molar-refractivity contribution in [2.75, 3.05) is 5.32 Å². The van der Waals surface area contributed by atoms with Gasteiger partial charge < -0.3 is 10.4 Å². The molecule has 0 heterocycles. The average molecular weight is 402 g/mol. The van der Waals surface area contributed by atoms with Gasteiger partial charge in [-0.2, -0.15) is 0 Å². The van der Waals surface area contributed by atoms with Gasteiger partial charge in [-0.1, -0.05) is 12.1 Å². The molecule has 0 amide bonds. The zero-order valence-corrected chi connectivity index (χ0v) is 13.3. The Bertz CT molecular complexity index is 639. The molecule has 2 aromatic carbocycles. The van der Waals surface area contributed by atoms with Crippen molar-refractivity contribution in [3.8, 4) is 5.75 Å². The van der Waals surface area contributed by atoms with Crippen molar-refractivity contribution in [3.63, 3.8) is 0 Å². The maximum atomic E-state index is 10.9. The van der Waals surface area contributed by atoms with Gasteiger partial charge in [-0.25, -0.2) is 0 Å². The van der Waals surface area contributed by atoms with Gasteiger partial charge in [0.05, 0.1) is 13.9 Å². The predicted octanol–water partition coefficient (Wildman–Crippen LogP) is 4.44. The Morgan fingerprint density at radius 1 is 1.20 bits per heavy atom. The molecule has 0 aromatic heterocycles. The van der Waals surface area contributed by atoms with E-state index in [1.165, 1.54) is 6.07 Å². The van der Waals surface area contributed by atoms with Crippen molar-refractivity contribution in [1.82, 2.24) is 0 Å². The number of phenols is 1. The van der Waals surface area contributed by atoms with Gasteiger partial charge in [-0.15, -0.1) is 0 Å². The molecule has 2 N–H and O–H groups in total. The first kappa shape index (κ1) is 14.8. The maximum absolute atomic E-state index is 10.9. The van der Waals surface area contributed by atoms with E-state index in [-0.39, 0.29) is 11.4 Å². The van der Waals surface area contributed by atoms with Crippen molar-refractivity contribution in [3.05, 3.63) is 61.0 Å². The van der Waals surface area contributed by atoms with Crippen LogP contribution in [0.1, 0.15) is 5.56 Å². The fraction of sp³-hybridized carbons (Fsp3) is 0.0769. The van der Waals surface area contributed by atoms with Gasteiger partial charge in [0.2, 0.25) is 0 Å². The summed E-state index contributed by atoms with van der Waals surface area (Å²) in [5.74, 6) is 0.124. The molecule has 0 aliphatic rings. The number of halogens is 2. The van der Waals surface area contributed by atoms with Gasteiger partial charge in [0.15, 0.2) is 0 Å². The Morgan fingerprint density at radius 3 is 2.40 bits per heavy atom. The fourth-order valence-corrected chi connectivity index (χ4v) is 2.98. The van der Waals surface area contributed by atoms with Gasteiger partial charge in [-0.3, -0.25) is 10.1 Å². The van der Waals surface area contributed by atoms with Gasteiger partial charge in [0.1, 0.15) is 11.4 Å². The molecule has 0 radical (unpaired) electrons. The van der Waals surface area contributed by atoms with Crippen LogP contribution in [-0.2, 0) is 6.54 Å². The number of nitrogens with one attached hydrogen (secondary N) is 1. The van der Waals surface area contributed by atoms with E-state index >= 15 is 0 Å². The van der Waals surface area contributed by atoms with Crippen LogP contribution in [0.4, 0.5) is 11.4 Å². The summed E-state index contributed by atoms with van der Waals surface area (Å²) in [6.45, 7) is 0.405. The second kappa shape index (κ2) is 6.23. The number of rotatable bonds is 4. The number of nitro groups is 1. The number of anilines is 1. The van der Waals surface area contributed by atoms with Crippen molar-refractivity contribution < 1.29 is 10.0 Å². The number of nitro benzene ring substituents is 1. The van der Waals surface area contributed by atoms with Crippen molar-refractivity contribution in [2.24, 2.45) is 0 Å². The number of hydrogen-bond donors (Lipinski definition) is 2. The summed E-state index contributed by atoms with van der Waals surface area (Å²) in [5.41, 5.74) is 1.36. The largest absolute Gasteiger partial charge is 0.506 e. The lowest BCUT2D eigenvalue weighted by Crippen LogP contribution is -2.02. The van der Waals surface area contributed by atoms with E-state index in [0.717, 1.165) is 5.56 Å². The van der Waals surface area contributed by atoms with Gasteiger partial charge in [0.25, 0.3) is 5.69 Å². The first-order valence-electron chi connectivity index (χ1n) is 5.63. The lowest BCUT2D eigenvalue weighted by molar-refractivity contribution is -0.384. The smallest absolute Gasteiger partial charge is 0.292 e. The quantitative estimate of drug-likeness (QED) is 0.586.